The third kappa shape index (κ3) is 3.53. The van der Waals surface area contributed by atoms with Gasteiger partial charge in [0, 0.05) is 6.42 Å². The van der Waals surface area contributed by atoms with Crippen molar-refractivity contribution in [3.63, 3.8) is 0 Å². The van der Waals surface area contributed by atoms with Gasteiger partial charge in [-0.05, 0) is 33.1 Å². The van der Waals surface area contributed by atoms with E-state index in [-0.39, 0.29) is 24.9 Å². The van der Waals surface area contributed by atoms with Gasteiger partial charge in [-0.25, -0.2) is 0 Å². The molecular weight excluding hydrogens is 236 g/mol. The molecular formula is C13H22O5. The van der Waals surface area contributed by atoms with Crippen LogP contribution in [0.1, 0.15) is 46.0 Å². The van der Waals surface area contributed by atoms with E-state index < -0.39 is 17.5 Å². The summed E-state index contributed by atoms with van der Waals surface area (Å²) in [7, 11) is 0. The topological polar surface area (TPSA) is 83.8 Å². The maximum atomic E-state index is 11.9. The second-order valence-corrected chi connectivity index (χ2v) is 5.26. The SMILES string of the molecule is CC(C)OCC(O)CC1(C(=O)O)CCCCC1=O. The molecule has 0 amide bonds. The Labute approximate surface area is 107 Å². The molecule has 2 atom stereocenters. The van der Waals surface area contributed by atoms with E-state index >= 15 is 0 Å². The first-order chi connectivity index (χ1) is 8.38. The molecule has 0 radical (unpaired) electrons. The standard InChI is InChI=1S/C13H22O5/c1-9(2)18-8-10(14)7-13(12(16)17)6-4-3-5-11(13)15/h9-10,14H,3-8H2,1-2H3,(H,16,17). The maximum Gasteiger partial charge on any atom is 0.317 e. The minimum atomic E-state index is -1.40. The first kappa shape index (κ1) is 15.1. The second-order valence-electron chi connectivity index (χ2n) is 5.26. The number of carboxylic acid groups (broad SMARTS) is 1. The van der Waals surface area contributed by atoms with E-state index in [1.54, 1.807) is 0 Å². The van der Waals surface area contributed by atoms with Crippen LogP contribution >= 0.6 is 0 Å². The van der Waals surface area contributed by atoms with Crippen molar-refractivity contribution >= 4 is 11.8 Å². The van der Waals surface area contributed by atoms with Gasteiger partial charge in [-0.1, -0.05) is 6.42 Å². The summed E-state index contributed by atoms with van der Waals surface area (Å²) < 4.78 is 5.25. The number of aliphatic carboxylic acids is 1. The van der Waals surface area contributed by atoms with Gasteiger partial charge in [0.15, 0.2) is 0 Å². The summed E-state index contributed by atoms with van der Waals surface area (Å²) in [5.74, 6) is -1.37. The molecule has 2 N–H and O–H groups in total. The molecule has 5 nitrogen and oxygen atoms in total. The predicted molar refractivity (Wildman–Crippen MR) is 65.3 cm³/mol. The van der Waals surface area contributed by atoms with Gasteiger partial charge in [-0.3, -0.25) is 9.59 Å². The van der Waals surface area contributed by atoms with Crippen LogP contribution in [0, 0.1) is 5.41 Å². The molecule has 0 aromatic carbocycles. The quantitative estimate of drug-likeness (QED) is 0.703. The van der Waals surface area contributed by atoms with Gasteiger partial charge >= 0.3 is 5.97 Å². The van der Waals surface area contributed by atoms with Crippen molar-refractivity contribution in [1.29, 1.82) is 0 Å². The van der Waals surface area contributed by atoms with Crippen LogP contribution in [0.4, 0.5) is 0 Å². The summed E-state index contributed by atoms with van der Waals surface area (Å²) in [4.78, 5) is 23.3. The van der Waals surface area contributed by atoms with E-state index in [1.807, 2.05) is 13.8 Å². The highest BCUT2D eigenvalue weighted by molar-refractivity contribution is 6.03. The average molecular weight is 258 g/mol. The molecule has 0 aromatic heterocycles. The van der Waals surface area contributed by atoms with E-state index in [1.165, 1.54) is 0 Å². The highest BCUT2D eigenvalue weighted by Crippen LogP contribution is 2.37. The molecule has 1 rings (SSSR count). The highest BCUT2D eigenvalue weighted by atomic mass is 16.5. The minimum absolute atomic E-state index is 0.0255. The number of carbonyl (C=O) groups is 2. The van der Waals surface area contributed by atoms with Gasteiger partial charge in [0.2, 0.25) is 0 Å². The Bertz CT molecular complexity index is 313. The highest BCUT2D eigenvalue weighted by Gasteiger charge is 2.47. The van der Waals surface area contributed by atoms with Gasteiger partial charge in [-0.2, -0.15) is 0 Å². The number of Topliss-reactive ketones (excluding diaryl/α,β-unsaturated/α-hetero) is 1. The molecule has 1 saturated carbocycles. The van der Waals surface area contributed by atoms with Gasteiger partial charge < -0.3 is 14.9 Å². The number of ether oxygens (including phenoxy) is 1. The summed E-state index contributed by atoms with van der Waals surface area (Å²) in [5, 5.41) is 19.2. The Balaban J connectivity index is 2.68. The van der Waals surface area contributed by atoms with Crippen LogP contribution < -0.4 is 0 Å². The van der Waals surface area contributed by atoms with Gasteiger partial charge in [0.25, 0.3) is 0 Å². The fourth-order valence-corrected chi connectivity index (χ4v) is 2.39. The number of aliphatic hydroxyl groups is 1. The van der Waals surface area contributed by atoms with Crippen molar-refractivity contribution in [2.45, 2.75) is 58.2 Å². The maximum absolute atomic E-state index is 11.9. The molecule has 0 bridgehead atoms. The summed E-state index contributed by atoms with van der Waals surface area (Å²) in [6, 6.07) is 0. The molecule has 5 heteroatoms. The predicted octanol–water partition coefficient (Wildman–Crippen LogP) is 1.38. The second kappa shape index (κ2) is 6.29. The van der Waals surface area contributed by atoms with Crippen molar-refractivity contribution in [2.24, 2.45) is 5.41 Å². The molecule has 0 spiro atoms. The van der Waals surface area contributed by atoms with Gasteiger partial charge in [0.05, 0.1) is 18.8 Å². The molecule has 0 aromatic rings. The fourth-order valence-electron chi connectivity index (χ4n) is 2.39. The lowest BCUT2D eigenvalue weighted by molar-refractivity contribution is -0.160. The number of rotatable bonds is 6. The minimum Gasteiger partial charge on any atom is -0.480 e. The van der Waals surface area contributed by atoms with Crippen LogP contribution in [0.2, 0.25) is 0 Å². The van der Waals surface area contributed by atoms with Crippen LogP contribution in [-0.4, -0.2) is 40.8 Å². The molecule has 0 saturated heterocycles. The largest absolute Gasteiger partial charge is 0.480 e. The Morgan fingerprint density at radius 2 is 2.11 bits per heavy atom. The molecule has 1 aliphatic carbocycles. The number of carboxylic acids is 1. The lowest BCUT2D eigenvalue weighted by Crippen LogP contribution is -2.45. The van der Waals surface area contributed by atoms with Crippen LogP contribution in [0.5, 0.6) is 0 Å². The Hall–Kier alpha value is -0.940. The smallest absolute Gasteiger partial charge is 0.317 e. The molecule has 0 aliphatic heterocycles. The van der Waals surface area contributed by atoms with Crippen LogP contribution in [0.3, 0.4) is 0 Å². The van der Waals surface area contributed by atoms with E-state index in [9.17, 15) is 19.8 Å². The summed E-state index contributed by atoms with van der Waals surface area (Å²) in [6.45, 7) is 3.75. The summed E-state index contributed by atoms with van der Waals surface area (Å²) in [6.07, 6.45) is 1.09. The number of ketones is 1. The number of hydrogen-bond donors (Lipinski definition) is 2. The first-order valence-electron chi connectivity index (χ1n) is 6.45. The lowest BCUT2D eigenvalue weighted by atomic mass is 9.69. The number of aliphatic hydroxyl groups excluding tert-OH is 1. The zero-order valence-electron chi connectivity index (χ0n) is 11.0. The lowest BCUT2D eigenvalue weighted by Gasteiger charge is -2.33. The van der Waals surface area contributed by atoms with E-state index in [0.29, 0.717) is 12.8 Å². The van der Waals surface area contributed by atoms with Crippen molar-refractivity contribution in [2.75, 3.05) is 6.61 Å². The fraction of sp³-hybridized carbons (Fsp3) is 0.846. The average Bonchev–Trinajstić information content (AvgIpc) is 2.29. The zero-order chi connectivity index (χ0) is 13.8. The van der Waals surface area contributed by atoms with E-state index in [4.69, 9.17) is 4.74 Å². The van der Waals surface area contributed by atoms with Crippen LogP contribution in [0.15, 0.2) is 0 Å². The molecule has 2 unspecified atom stereocenters. The Morgan fingerprint density at radius 3 is 2.61 bits per heavy atom. The van der Waals surface area contributed by atoms with Crippen molar-refractivity contribution in [3.05, 3.63) is 0 Å². The zero-order valence-corrected chi connectivity index (χ0v) is 11.0. The number of hydrogen-bond acceptors (Lipinski definition) is 4. The molecule has 1 aliphatic rings. The van der Waals surface area contributed by atoms with Crippen LogP contribution in [-0.2, 0) is 14.3 Å². The monoisotopic (exact) mass is 258 g/mol. The first-order valence-corrected chi connectivity index (χ1v) is 6.45. The van der Waals surface area contributed by atoms with Gasteiger partial charge in [0.1, 0.15) is 11.2 Å². The van der Waals surface area contributed by atoms with Crippen molar-refractivity contribution in [1.82, 2.24) is 0 Å². The number of carbonyl (C=O) groups excluding carboxylic acids is 1. The Kier molecular flexibility index (Phi) is 5.28. The Morgan fingerprint density at radius 1 is 1.44 bits per heavy atom. The van der Waals surface area contributed by atoms with E-state index in [2.05, 4.69) is 0 Å². The summed E-state index contributed by atoms with van der Waals surface area (Å²) >= 11 is 0. The normalized spacial score (nSPS) is 26.3. The summed E-state index contributed by atoms with van der Waals surface area (Å²) in [5.41, 5.74) is -1.40. The third-order valence-corrected chi connectivity index (χ3v) is 3.41. The van der Waals surface area contributed by atoms with Crippen molar-refractivity contribution < 1.29 is 24.5 Å². The molecule has 1 fully saturated rings. The molecule has 18 heavy (non-hydrogen) atoms. The third-order valence-electron chi connectivity index (χ3n) is 3.41. The van der Waals surface area contributed by atoms with Crippen molar-refractivity contribution in [3.8, 4) is 0 Å². The van der Waals surface area contributed by atoms with E-state index in [0.717, 1.165) is 12.8 Å². The van der Waals surface area contributed by atoms with Gasteiger partial charge in [-0.15, -0.1) is 0 Å². The molecule has 0 heterocycles. The van der Waals surface area contributed by atoms with Crippen LogP contribution in [0.25, 0.3) is 0 Å². The molecule has 104 valence electrons.